The maximum Gasteiger partial charge on any atom is 0.290 e. The van der Waals surface area contributed by atoms with E-state index in [2.05, 4.69) is 19.2 Å². The van der Waals surface area contributed by atoms with Crippen LogP contribution in [0.25, 0.3) is 0 Å². The largest absolute Gasteiger partial charge is 0.459 e. The maximum atomic E-state index is 13.5. The maximum absolute atomic E-state index is 13.5. The molecule has 0 fully saturated rings. The zero-order chi connectivity index (χ0) is 24.1. The van der Waals surface area contributed by atoms with Crippen molar-refractivity contribution in [3.8, 4) is 0 Å². The molecule has 0 aliphatic heterocycles. The van der Waals surface area contributed by atoms with Crippen LogP contribution in [0.2, 0.25) is 0 Å². The first-order valence-corrected chi connectivity index (χ1v) is 10.9. The van der Waals surface area contributed by atoms with E-state index in [4.69, 9.17) is 4.42 Å². The Balaban J connectivity index is 1.93. The minimum Gasteiger partial charge on any atom is -0.459 e. The first-order chi connectivity index (χ1) is 15.7. The number of carbonyl (C=O) groups is 2. The number of rotatable bonds is 8. The molecule has 6 nitrogen and oxygen atoms in total. The number of hydrogen-bond acceptors (Lipinski definition) is 4. The lowest BCUT2D eigenvalue weighted by Crippen LogP contribution is -2.41. The van der Waals surface area contributed by atoms with Gasteiger partial charge in [-0.2, -0.15) is 0 Å². The standard InChI is InChI=1S/C26H30FN3O3/c1-17(2)18(3)30(26(32)24-10-7-13-33-24)16-20-15-22(11-12-23(20)29(4)5)28-25(31)19-8-6-9-21(27)14-19/h6-15,17-18H,16H2,1-5H3,(H,28,31). The number of anilines is 2. The van der Waals surface area contributed by atoms with Gasteiger partial charge in [-0.25, -0.2) is 4.39 Å². The highest BCUT2D eigenvalue weighted by Gasteiger charge is 2.27. The van der Waals surface area contributed by atoms with Crippen molar-refractivity contribution in [2.75, 3.05) is 24.3 Å². The smallest absolute Gasteiger partial charge is 0.290 e. The summed E-state index contributed by atoms with van der Waals surface area (Å²) in [6, 6.07) is 14.4. The van der Waals surface area contributed by atoms with Crippen molar-refractivity contribution in [2.24, 2.45) is 5.92 Å². The van der Waals surface area contributed by atoms with Gasteiger partial charge in [0.2, 0.25) is 0 Å². The summed E-state index contributed by atoms with van der Waals surface area (Å²) in [5.41, 5.74) is 2.58. The molecule has 0 saturated carbocycles. The molecule has 0 radical (unpaired) electrons. The molecule has 1 heterocycles. The van der Waals surface area contributed by atoms with Crippen molar-refractivity contribution >= 4 is 23.2 Å². The van der Waals surface area contributed by atoms with Gasteiger partial charge in [-0.05, 0) is 66.9 Å². The Bertz CT molecular complexity index is 1110. The molecule has 174 valence electrons. The number of amides is 2. The summed E-state index contributed by atoms with van der Waals surface area (Å²) in [6.45, 7) is 6.47. The topological polar surface area (TPSA) is 65.8 Å². The van der Waals surface area contributed by atoms with Gasteiger partial charge in [-0.15, -0.1) is 0 Å². The van der Waals surface area contributed by atoms with Gasteiger partial charge in [-0.3, -0.25) is 9.59 Å². The van der Waals surface area contributed by atoms with Crippen molar-refractivity contribution in [3.63, 3.8) is 0 Å². The van der Waals surface area contributed by atoms with Crippen LogP contribution in [0.5, 0.6) is 0 Å². The molecule has 1 unspecified atom stereocenters. The minimum atomic E-state index is -0.471. The quantitative estimate of drug-likeness (QED) is 0.496. The van der Waals surface area contributed by atoms with Crippen LogP contribution < -0.4 is 10.2 Å². The van der Waals surface area contributed by atoms with E-state index in [-0.39, 0.29) is 29.2 Å². The summed E-state index contributed by atoms with van der Waals surface area (Å²) in [5.74, 6) is -0.565. The van der Waals surface area contributed by atoms with Gasteiger partial charge >= 0.3 is 0 Å². The van der Waals surface area contributed by atoms with Crippen molar-refractivity contribution in [2.45, 2.75) is 33.4 Å². The van der Waals surface area contributed by atoms with Crippen molar-refractivity contribution in [1.29, 1.82) is 0 Å². The first-order valence-electron chi connectivity index (χ1n) is 10.9. The van der Waals surface area contributed by atoms with E-state index in [1.54, 1.807) is 29.2 Å². The van der Waals surface area contributed by atoms with E-state index in [0.717, 1.165) is 11.3 Å². The molecule has 0 spiro atoms. The Hall–Kier alpha value is -3.61. The fourth-order valence-electron chi connectivity index (χ4n) is 3.55. The van der Waals surface area contributed by atoms with E-state index in [0.29, 0.717) is 12.2 Å². The molecule has 2 amide bonds. The molecule has 1 aromatic heterocycles. The summed E-state index contributed by atoms with van der Waals surface area (Å²) in [4.78, 5) is 29.6. The highest BCUT2D eigenvalue weighted by molar-refractivity contribution is 6.04. The Morgan fingerprint density at radius 1 is 1.03 bits per heavy atom. The number of nitrogens with zero attached hydrogens (tertiary/aromatic N) is 2. The molecule has 3 rings (SSSR count). The summed E-state index contributed by atoms with van der Waals surface area (Å²) in [7, 11) is 3.85. The Labute approximate surface area is 194 Å². The van der Waals surface area contributed by atoms with Gasteiger partial charge in [0.1, 0.15) is 5.82 Å². The number of benzene rings is 2. The van der Waals surface area contributed by atoms with E-state index < -0.39 is 11.7 Å². The van der Waals surface area contributed by atoms with E-state index >= 15 is 0 Å². The highest BCUT2D eigenvalue weighted by atomic mass is 19.1. The molecule has 1 atom stereocenters. The van der Waals surface area contributed by atoms with Crippen LogP contribution in [0.4, 0.5) is 15.8 Å². The number of halogens is 1. The Kier molecular flexibility index (Phi) is 7.53. The van der Waals surface area contributed by atoms with E-state index in [1.807, 2.05) is 38.1 Å². The molecular formula is C26H30FN3O3. The van der Waals surface area contributed by atoms with Gasteiger partial charge < -0.3 is 19.5 Å². The van der Waals surface area contributed by atoms with Gasteiger partial charge in [0.25, 0.3) is 11.8 Å². The molecule has 7 heteroatoms. The summed E-state index contributed by atoms with van der Waals surface area (Å²) in [6.07, 6.45) is 1.49. The predicted molar refractivity (Wildman–Crippen MR) is 128 cm³/mol. The second-order valence-electron chi connectivity index (χ2n) is 8.60. The van der Waals surface area contributed by atoms with Gasteiger partial charge in [0, 0.05) is 43.6 Å². The van der Waals surface area contributed by atoms with Crippen LogP contribution in [0.1, 0.15) is 47.2 Å². The third-order valence-electron chi connectivity index (χ3n) is 5.70. The average Bonchev–Trinajstić information content (AvgIpc) is 3.31. The Morgan fingerprint density at radius 2 is 1.79 bits per heavy atom. The normalized spacial score (nSPS) is 11.8. The van der Waals surface area contributed by atoms with Gasteiger partial charge in [0.05, 0.1) is 6.26 Å². The van der Waals surface area contributed by atoms with Crippen LogP contribution in [-0.2, 0) is 6.54 Å². The molecule has 0 aliphatic carbocycles. The van der Waals surface area contributed by atoms with Crippen LogP contribution >= 0.6 is 0 Å². The monoisotopic (exact) mass is 451 g/mol. The lowest BCUT2D eigenvalue weighted by atomic mass is 10.0. The van der Waals surface area contributed by atoms with Crippen LogP contribution in [0.15, 0.2) is 65.3 Å². The lowest BCUT2D eigenvalue weighted by Gasteiger charge is -2.32. The average molecular weight is 452 g/mol. The molecule has 2 aromatic carbocycles. The van der Waals surface area contributed by atoms with E-state index in [1.165, 1.54) is 24.5 Å². The summed E-state index contributed by atoms with van der Waals surface area (Å²) >= 11 is 0. The highest BCUT2D eigenvalue weighted by Crippen LogP contribution is 2.27. The van der Waals surface area contributed by atoms with E-state index in [9.17, 15) is 14.0 Å². The fraction of sp³-hybridized carbons (Fsp3) is 0.308. The summed E-state index contributed by atoms with van der Waals surface area (Å²) < 4.78 is 18.9. The minimum absolute atomic E-state index is 0.0526. The molecule has 1 N–H and O–H groups in total. The molecular weight excluding hydrogens is 421 g/mol. The lowest BCUT2D eigenvalue weighted by molar-refractivity contribution is 0.0595. The van der Waals surface area contributed by atoms with Gasteiger partial charge in [0.15, 0.2) is 5.76 Å². The number of carbonyl (C=O) groups excluding carboxylic acids is 2. The predicted octanol–water partition coefficient (Wildman–Crippen LogP) is 5.42. The van der Waals surface area contributed by atoms with Crippen molar-refractivity contribution in [3.05, 3.63) is 83.6 Å². The van der Waals surface area contributed by atoms with Crippen LogP contribution in [0.3, 0.4) is 0 Å². The van der Waals surface area contributed by atoms with Crippen LogP contribution in [-0.4, -0.2) is 36.9 Å². The molecule has 0 bridgehead atoms. The Morgan fingerprint density at radius 3 is 2.39 bits per heavy atom. The second-order valence-corrected chi connectivity index (χ2v) is 8.60. The molecule has 3 aromatic rings. The number of nitrogens with one attached hydrogen (secondary N) is 1. The second kappa shape index (κ2) is 10.3. The van der Waals surface area contributed by atoms with Crippen molar-refractivity contribution in [1.82, 2.24) is 4.90 Å². The molecule has 33 heavy (non-hydrogen) atoms. The molecule has 0 aliphatic rings. The zero-order valence-electron chi connectivity index (χ0n) is 19.6. The fourth-order valence-corrected chi connectivity index (χ4v) is 3.55. The summed E-state index contributed by atoms with van der Waals surface area (Å²) in [5, 5.41) is 2.83. The number of hydrogen-bond donors (Lipinski definition) is 1. The third kappa shape index (κ3) is 5.80. The van der Waals surface area contributed by atoms with Crippen molar-refractivity contribution < 1.29 is 18.4 Å². The van der Waals surface area contributed by atoms with Crippen LogP contribution in [0, 0.1) is 11.7 Å². The first kappa shape index (κ1) is 24.0. The van der Waals surface area contributed by atoms with Gasteiger partial charge in [-0.1, -0.05) is 19.9 Å². The number of furan rings is 1. The zero-order valence-corrected chi connectivity index (χ0v) is 19.6. The molecule has 0 saturated heterocycles. The third-order valence-corrected chi connectivity index (χ3v) is 5.70. The SMILES string of the molecule is CC(C)C(C)N(Cc1cc(NC(=O)c2cccc(F)c2)ccc1N(C)C)C(=O)c1ccco1.